The number of unbranched alkanes of at least 4 members (excludes halogenated alkanes) is 3. The van der Waals surface area contributed by atoms with Gasteiger partial charge in [0.2, 0.25) is 0 Å². The normalized spacial score (nSPS) is 16.3. The molecule has 0 saturated heterocycles. The quantitative estimate of drug-likeness (QED) is 0.203. The van der Waals surface area contributed by atoms with Crippen molar-refractivity contribution in [3.8, 4) is 0 Å². The van der Waals surface area contributed by atoms with E-state index in [0.29, 0.717) is 35.2 Å². The molecule has 0 radical (unpaired) electrons. The van der Waals surface area contributed by atoms with Crippen molar-refractivity contribution in [1.29, 1.82) is 0 Å². The van der Waals surface area contributed by atoms with E-state index in [0.717, 1.165) is 68.1 Å². The summed E-state index contributed by atoms with van der Waals surface area (Å²) in [5.41, 5.74) is 1.42. The van der Waals surface area contributed by atoms with E-state index in [2.05, 4.69) is 11.9 Å². The number of halogens is 4. The molecule has 1 aromatic carbocycles. The van der Waals surface area contributed by atoms with Crippen molar-refractivity contribution in [3.63, 3.8) is 0 Å². The molecule has 3 aromatic rings. The Bertz CT molecular complexity index is 1220. The van der Waals surface area contributed by atoms with E-state index in [9.17, 15) is 27.5 Å². The third-order valence-corrected chi connectivity index (χ3v) is 7.02. The predicted octanol–water partition coefficient (Wildman–Crippen LogP) is 7.41. The number of aryl methyl sites for hydroxylation is 1. The summed E-state index contributed by atoms with van der Waals surface area (Å²) < 4.78 is 56.1. The molecule has 0 spiro atoms. The second kappa shape index (κ2) is 10.4. The highest BCUT2D eigenvalue weighted by atomic mass is 19.4. The maximum absolute atomic E-state index is 14.5. The monoisotopic (exact) mass is 490 g/mol. The molecule has 1 unspecified atom stereocenters. The average Bonchev–Trinajstić information content (AvgIpc) is 2.95. The van der Waals surface area contributed by atoms with Crippen LogP contribution >= 0.6 is 0 Å². The summed E-state index contributed by atoms with van der Waals surface area (Å²) in [7, 11) is 0. The Balaban J connectivity index is 1.82. The van der Waals surface area contributed by atoms with Crippen molar-refractivity contribution >= 4 is 16.9 Å². The van der Waals surface area contributed by atoms with Gasteiger partial charge in [-0.15, -0.1) is 0 Å². The number of nitrogens with zero attached hydrogens (tertiary/aromatic N) is 2. The molecule has 1 atom stereocenters. The number of hydrogen-bond acceptors (Lipinski definition) is 2. The molecule has 1 N–H and O–H groups in total. The number of fused-ring (bicyclic) bond motifs is 3. The van der Waals surface area contributed by atoms with Crippen LogP contribution in [0.25, 0.3) is 10.9 Å². The van der Waals surface area contributed by atoms with E-state index in [1.54, 1.807) is 0 Å². The maximum Gasteiger partial charge on any atom is 0.433 e. The molecule has 0 saturated carbocycles. The van der Waals surface area contributed by atoms with Crippen LogP contribution in [0.5, 0.6) is 0 Å². The number of aromatic nitrogens is 2. The first-order valence-electron chi connectivity index (χ1n) is 12.3. The van der Waals surface area contributed by atoms with Gasteiger partial charge in [0.25, 0.3) is 0 Å². The SMILES string of the molecule is CCCCCCC1CCCc2c(n(Cc3ccnc(C(F)(F)F)c3)c3c(C(=O)O)cc(F)cc23)C1. The van der Waals surface area contributed by atoms with E-state index in [4.69, 9.17) is 0 Å². The lowest BCUT2D eigenvalue weighted by Crippen LogP contribution is -2.13. The van der Waals surface area contributed by atoms with E-state index in [1.165, 1.54) is 18.6 Å². The third-order valence-electron chi connectivity index (χ3n) is 7.02. The number of pyridine rings is 1. The molecule has 188 valence electrons. The fraction of sp³-hybridized carbons (Fsp3) is 0.481. The Morgan fingerprint density at radius 1 is 1.20 bits per heavy atom. The molecule has 2 heterocycles. The van der Waals surface area contributed by atoms with E-state index in [1.807, 2.05) is 4.57 Å². The first-order valence-corrected chi connectivity index (χ1v) is 12.3. The largest absolute Gasteiger partial charge is 0.478 e. The second-order valence-corrected chi connectivity index (χ2v) is 9.52. The molecule has 1 aliphatic carbocycles. The fourth-order valence-electron chi connectivity index (χ4n) is 5.38. The van der Waals surface area contributed by atoms with E-state index in [-0.39, 0.29) is 12.1 Å². The Hall–Kier alpha value is -2.90. The highest BCUT2D eigenvalue weighted by Gasteiger charge is 2.33. The van der Waals surface area contributed by atoms with Gasteiger partial charge in [-0.25, -0.2) is 9.18 Å². The van der Waals surface area contributed by atoms with Crippen LogP contribution in [0.2, 0.25) is 0 Å². The predicted molar refractivity (Wildman–Crippen MR) is 126 cm³/mol. The molecule has 4 rings (SSSR count). The van der Waals surface area contributed by atoms with Gasteiger partial charge >= 0.3 is 12.1 Å². The number of benzene rings is 1. The van der Waals surface area contributed by atoms with Gasteiger partial charge in [-0.2, -0.15) is 13.2 Å². The summed E-state index contributed by atoms with van der Waals surface area (Å²) in [4.78, 5) is 15.5. The van der Waals surface area contributed by atoms with Gasteiger partial charge in [0.05, 0.1) is 11.1 Å². The minimum Gasteiger partial charge on any atom is -0.478 e. The maximum atomic E-state index is 14.5. The van der Waals surface area contributed by atoms with Crippen molar-refractivity contribution in [2.24, 2.45) is 5.92 Å². The van der Waals surface area contributed by atoms with Crippen LogP contribution in [0.4, 0.5) is 17.6 Å². The molecule has 0 fully saturated rings. The number of carboxylic acid groups (broad SMARTS) is 1. The standard InChI is InChI=1S/C27H30F4N2O2/c1-2-3-4-5-7-17-8-6-9-20-21-14-19(28)15-22(26(34)35)25(21)33(23(20)12-17)16-18-10-11-32-24(13-18)27(29,30)31/h10-11,13-15,17H,2-9,12,16H2,1H3,(H,34,35). The number of aromatic carboxylic acids is 1. The van der Waals surface area contributed by atoms with Crippen molar-refractivity contribution in [1.82, 2.24) is 9.55 Å². The number of carboxylic acids is 1. The molecule has 0 bridgehead atoms. The fourth-order valence-corrected chi connectivity index (χ4v) is 5.38. The lowest BCUT2D eigenvalue weighted by molar-refractivity contribution is -0.141. The minimum absolute atomic E-state index is 0.0614. The van der Waals surface area contributed by atoms with Gasteiger partial charge in [-0.05, 0) is 67.0 Å². The first-order chi connectivity index (χ1) is 16.7. The molecule has 0 aliphatic heterocycles. The Labute approximate surface area is 202 Å². The molecule has 8 heteroatoms. The zero-order valence-corrected chi connectivity index (χ0v) is 19.8. The van der Waals surface area contributed by atoms with Gasteiger partial charge in [0, 0.05) is 23.8 Å². The Morgan fingerprint density at radius 2 is 2.00 bits per heavy atom. The van der Waals surface area contributed by atoms with Gasteiger partial charge in [-0.1, -0.05) is 39.0 Å². The van der Waals surface area contributed by atoms with E-state index >= 15 is 0 Å². The highest BCUT2D eigenvalue weighted by molar-refractivity contribution is 6.04. The lowest BCUT2D eigenvalue weighted by Gasteiger charge is -2.18. The van der Waals surface area contributed by atoms with Crippen LogP contribution < -0.4 is 0 Å². The molecule has 0 amide bonds. The van der Waals surface area contributed by atoms with Crippen molar-refractivity contribution < 1.29 is 27.5 Å². The zero-order valence-electron chi connectivity index (χ0n) is 19.8. The van der Waals surface area contributed by atoms with Gasteiger partial charge in [0.15, 0.2) is 0 Å². The summed E-state index contributed by atoms with van der Waals surface area (Å²) in [5, 5.41) is 10.4. The lowest BCUT2D eigenvalue weighted by atomic mass is 9.93. The van der Waals surface area contributed by atoms with Crippen LogP contribution in [0.3, 0.4) is 0 Å². The molecule has 35 heavy (non-hydrogen) atoms. The molecular weight excluding hydrogens is 460 g/mol. The summed E-state index contributed by atoms with van der Waals surface area (Å²) in [6.45, 7) is 2.23. The second-order valence-electron chi connectivity index (χ2n) is 9.52. The smallest absolute Gasteiger partial charge is 0.433 e. The highest BCUT2D eigenvalue weighted by Crippen LogP contribution is 2.38. The summed E-state index contributed by atoms with van der Waals surface area (Å²) in [6.07, 6.45) is 5.53. The summed E-state index contributed by atoms with van der Waals surface area (Å²) in [6, 6.07) is 4.88. The summed E-state index contributed by atoms with van der Waals surface area (Å²) in [5.74, 6) is -1.49. The topological polar surface area (TPSA) is 55.1 Å². The van der Waals surface area contributed by atoms with Crippen LogP contribution in [-0.2, 0) is 25.6 Å². The average molecular weight is 491 g/mol. The van der Waals surface area contributed by atoms with Crippen LogP contribution in [0, 0.1) is 11.7 Å². The Kier molecular flexibility index (Phi) is 7.47. The number of rotatable bonds is 8. The van der Waals surface area contributed by atoms with E-state index < -0.39 is 23.7 Å². The van der Waals surface area contributed by atoms with Crippen molar-refractivity contribution in [3.05, 3.63) is 64.4 Å². The molecule has 1 aliphatic rings. The number of hydrogen-bond donors (Lipinski definition) is 1. The number of alkyl halides is 3. The Morgan fingerprint density at radius 3 is 2.71 bits per heavy atom. The van der Waals surface area contributed by atoms with Gasteiger partial charge in [-0.3, -0.25) is 4.98 Å². The molecule has 2 aromatic heterocycles. The minimum atomic E-state index is -4.58. The van der Waals surface area contributed by atoms with Crippen LogP contribution in [-0.4, -0.2) is 20.6 Å². The summed E-state index contributed by atoms with van der Waals surface area (Å²) >= 11 is 0. The third kappa shape index (κ3) is 5.52. The molecular formula is C27H30F4N2O2. The zero-order chi connectivity index (χ0) is 25.2. The van der Waals surface area contributed by atoms with Crippen molar-refractivity contribution in [2.45, 2.75) is 77.4 Å². The van der Waals surface area contributed by atoms with Gasteiger partial charge in [0.1, 0.15) is 11.5 Å². The van der Waals surface area contributed by atoms with Crippen molar-refractivity contribution in [2.75, 3.05) is 0 Å². The number of carbonyl (C=O) groups is 1. The molecule has 4 nitrogen and oxygen atoms in total. The first kappa shape index (κ1) is 25.2. The van der Waals surface area contributed by atoms with Crippen LogP contribution in [0.1, 0.15) is 84.7 Å². The van der Waals surface area contributed by atoms with Crippen LogP contribution in [0.15, 0.2) is 30.5 Å². The van der Waals surface area contributed by atoms with Gasteiger partial charge < -0.3 is 9.67 Å².